The van der Waals surface area contributed by atoms with E-state index in [-0.39, 0.29) is 80.7 Å². The number of aliphatic hydroxyl groups is 1. The molecule has 29 heteroatoms. The highest BCUT2D eigenvalue weighted by molar-refractivity contribution is 6.00. The van der Waals surface area contributed by atoms with Gasteiger partial charge in [-0.2, -0.15) is 0 Å². The van der Waals surface area contributed by atoms with Crippen molar-refractivity contribution in [2.75, 3.05) is 95.8 Å². The van der Waals surface area contributed by atoms with Gasteiger partial charge in [-0.3, -0.25) is 62.3 Å². The highest BCUT2D eigenvalue weighted by atomic mass is 16.5. The normalized spacial score (nSPS) is 24.0. The molecule has 2 aliphatic heterocycles. The van der Waals surface area contributed by atoms with Crippen molar-refractivity contribution in [2.45, 2.75) is 227 Å². The second kappa shape index (κ2) is 45.8. The second-order valence-corrected chi connectivity index (χ2v) is 30.7. The van der Waals surface area contributed by atoms with Crippen molar-refractivity contribution in [1.82, 2.24) is 65.8 Å². The molecule has 2 saturated heterocycles. The molecule has 2 rings (SSSR count). The van der Waals surface area contributed by atoms with Crippen molar-refractivity contribution in [3.05, 3.63) is 73.1 Å². The first-order valence-corrected chi connectivity index (χ1v) is 37.4. The number of nitrogens with one attached hydrogen (secondary N) is 5. The summed E-state index contributed by atoms with van der Waals surface area (Å²) in [6.07, 6.45) is 12.1. The largest absolute Gasteiger partial charge is 0.504 e. The number of nitrogens with zero attached hydrogens (tertiary/aromatic N) is 8. The number of hydrogen-bond acceptors (Lipinski definition) is 16. The van der Waals surface area contributed by atoms with Gasteiger partial charge >= 0.3 is 0 Å². The third-order valence-corrected chi connectivity index (χ3v) is 18.7. The number of piperidine rings is 1. The van der Waals surface area contributed by atoms with E-state index in [1.165, 1.54) is 103 Å². The summed E-state index contributed by atoms with van der Waals surface area (Å²) in [5.74, 6) is -10.7. The molecule has 107 heavy (non-hydrogen) atoms. The van der Waals surface area contributed by atoms with Gasteiger partial charge in [-0.25, -0.2) is 0 Å². The van der Waals surface area contributed by atoms with Crippen LogP contribution in [0.2, 0.25) is 0 Å². The van der Waals surface area contributed by atoms with Gasteiger partial charge in [0.05, 0.1) is 56.8 Å². The fourth-order valence-electron chi connectivity index (χ4n) is 12.4. The molecule has 6 N–H and O–H groups in total. The first-order chi connectivity index (χ1) is 50.0. The molecule has 10 atom stereocenters. The Morgan fingerprint density at radius 3 is 1.59 bits per heavy atom. The maximum Gasteiger partial charge on any atom is 0.254 e. The average molecular weight is 1500 g/mol. The Hall–Kier alpha value is -8.73. The first kappa shape index (κ1) is 94.4. The molecule has 0 aromatic carbocycles. The number of likely N-dealkylation sites (N-methyl/N-ethyl adjacent to an activating group) is 7. The summed E-state index contributed by atoms with van der Waals surface area (Å²) in [5, 5.41) is 24.9. The molecule has 2 aliphatic rings. The SMILES string of the molecule is C=C/C=C\C=C\CC1C(=O)N(C)C(CC(C)C)C(=O)NC(COC(C)(C)C)C(=O)N(C)C(CC(C)C)C(=O)N[C@H](C(=O)N2CCCCC2)CC(=O)N(CCC(=C)/C=C\C(=C\OC)C(=O)NC)CC(=O)N(C)C(CC(C)C)C(=O)NC(CC(C)C)C(=O)N(C)[C@@H](CC)C(=O)NC(C(C)O)C(=O)N(C)CC(=O)N1C. The topological polar surface area (TPSA) is 347 Å². The number of amides is 13. The number of aliphatic hydroxyl groups excluding tert-OH is 1. The highest BCUT2D eigenvalue weighted by Crippen LogP contribution is 2.23. The fraction of sp³-hybridized carbons (Fsp3) is 0.679. The summed E-state index contributed by atoms with van der Waals surface area (Å²) >= 11 is 0. The van der Waals surface area contributed by atoms with E-state index in [1.54, 1.807) is 56.9 Å². The zero-order chi connectivity index (χ0) is 81.5. The van der Waals surface area contributed by atoms with E-state index in [9.17, 15) is 33.9 Å². The fourth-order valence-corrected chi connectivity index (χ4v) is 12.4. The van der Waals surface area contributed by atoms with Crippen LogP contribution in [0.4, 0.5) is 0 Å². The summed E-state index contributed by atoms with van der Waals surface area (Å²) in [5.41, 5.74) is -0.374. The maximum atomic E-state index is 15.4. The smallest absolute Gasteiger partial charge is 0.254 e. The minimum Gasteiger partial charge on any atom is -0.504 e. The van der Waals surface area contributed by atoms with Gasteiger partial charge in [-0.15, -0.1) is 0 Å². The molecule has 0 bridgehead atoms. The highest BCUT2D eigenvalue weighted by Gasteiger charge is 2.43. The number of allylic oxidation sites excluding steroid dienone is 5. The molecule has 8 unspecified atom stereocenters. The Labute approximate surface area is 636 Å². The zero-order valence-corrected chi connectivity index (χ0v) is 67.8. The van der Waals surface area contributed by atoms with Crippen molar-refractivity contribution in [3.8, 4) is 0 Å². The Bertz CT molecular complexity index is 3180. The van der Waals surface area contributed by atoms with Crippen LogP contribution >= 0.6 is 0 Å². The minimum atomic E-state index is -1.68. The van der Waals surface area contributed by atoms with Crippen LogP contribution in [0.15, 0.2) is 73.1 Å². The van der Waals surface area contributed by atoms with E-state index >= 15 is 33.6 Å². The lowest BCUT2D eigenvalue weighted by atomic mass is 9.98. The van der Waals surface area contributed by atoms with E-state index in [0.29, 0.717) is 31.5 Å². The van der Waals surface area contributed by atoms with Crippen LogP contribution in [0, 0.1) is 23.7 Å². The van der Waals surface area contributed by atoms with Crippen molar-refractivity contribution in [3.63, 3.8) is 0 Å². The number of rotatable bonds is 24. The van der Waals surface area contributed by atoms with Gasteiger partial charge in [0.1, 0.15) is 54.4 Å². The Balaban J connectivity index is 3.22. The van der Waals surface area contributed by atoms with Crippen LogP contribution in [0.5, 0.6) is 0 Å². The quantitative estimate of drug-likeness (QED) is 0.0451. The van der Waals surface area contributed by atoms with Crippen molar-refractivity contribution < 1.29 is 76.9 Å². The van der Waals surface area contributed by atoms with E-state index < -0.39 is 169 Å². The van der Waals surface area contributed by atoms with Gasteiger partial charge in [-0.05, 0) is 122 Å². The van der Waals surface area contributed by atoms with E-state index in [4.69, 9.17) is 9.47 Å². The van der Waals surface area contributed by atoms with Crippen LogP contribution < -0.4 is 26.6 Å². The Kier molecular flexibility index (Phi) is 40.4. The monoisotopic (exact) mass is 1500 g/mol. The minimum absolute atomic E-state index is 0.00497. The van der Waals surface area contributed by atoms with Gasteiger partial charge < -0.3 is 80.4 Å². The first-order valence-electron chi connectivity index (χ1n) is 37.4. The van der Waals surface area contributed by atoms with E-state index in [1.807, 2.05) is 55.4 Å². The van der Waals surface area contributed by atoms with Gasteiger partial charge in [0.2, 0.25) is 70.9 Å². The lowest BCUT2D eigenvalue weighted by Crippen LogP contribution is -2.61. The summed E-state index contributed by atoms with van der Waals surface area (Å²) in [6, 6.07) is -12.7. The molecule has 0 aliphatic carbocycles. The third kappa shape index (κ3) is 30.8. The van der Waals surface area contributed by atoms with Crippen molar-refractivity contribution in [1.29, 1.82) is 0 Å². The lowest BCUT2D eigenvalue weighted by molar-refractivity contribution is -0.151. The van der Waals surface area contributed by atoms with Crippen molar-refractivity contribution in [2.24, 2.45) is 23.7 Å². The third-order valence-electron chi connectivity index (χ3n) is 18.7. The second-order valence-electron chi connectivity index (χ2n) is 30.7. The predicted molar refractivity (Wildman–Crippen MR) is 410 cm³/mol. The summed E-state index contributed by atoms with van der Waals surface area (Å²) in [4.78, 5) is 202. The van der Waals surface area contributed by atoms with E-state index in [0.717, 1.165) is 26.0 Å². The number of likely N-dealkylation sites (tertiary alicyclic amines) is 1. The molecule has 602 valence electrons. The molecular weight excluding hydrogens is 1370 g/mol. The number of carbonyl (C=O) groups is 13. The maximum absolute atomic E-state index is 15.4. The molecule has 2 fully saturated rings. The standard InChI is InChI=1S/C78H129N13O16/c1-24-26-27-28-30-33-60-76(104)89(22)63(43-52(9)10)72(100)82-58(48-107-78(13,14)15)74(102)88(21)62(42-51(7)8)71(99)81-57(75(103)90-37-31-29-32-38-90)44-64(93)91(39-36-53(11)34-35-55(47-106-23)68(96)79-16)46-66(95)86(19)61(41-50(5)6)70(98)80-56(40-49(3)4)73(101)87(20)59(25-2)69(97)83-67(54(12)92)77(105)84(17)45-65(94)85(60)18/h24,26-28,30,34-35,47,49-52,54,56-63,67,92H,1,11,25,29,31-33,36-46,48H2,2-10,12-23H3,(H,79,96)(H,80,98)(H,81,99)(H,82,100)(H,83,97)/b27-26-,30-28+,35-34-,55-47-/t54?,56?,57-,58?,59-,60?,61?,62?,63?,67?/m0/s1. The Morgan fingerprint density at radius 1 is 0.598 bits per heavy atom. The summed E-state index contributed by atoms with van der Waals surface area (Å²) in [6.45, 7) is 29.1. The number of methoxy groups -OCH3 is 1. The lowest BCUT2D eigenvalue weighted by Gasteiger charge is -2.37. The molecule has 29 nitrogen and oxygen atoms in total. The molecular formula is C78H129N13O16. The van der Waals surface area contributed by atoms with Crippen molar-refractivity contribution >= 4 is 76.8 Å². The molecule has 0 radical (unpaired) electrons. The average Bonchev–Trinajstić information content (AvgIpc) is 0.778. The number of ether oxygens (including phenoxy) is 2. The molecule has 13 amide bonds. The predicted octanol–water partition coefficient (Wildman–Crippen LogP) is 4.02. The molecule has 0 aromatic heterocycles. The van der Waals surface area contributed by atoms with Gasteiger partial charge in [0, 0.05) is 69.0 Å². The van der Waals surface area contributed by atoms with Crippen LogP contribution in [-0.2, 0) is 71.8 Å². The van der Waals surface area contributed by atoms with Gasteiger partial charge in [0.15, 0.2) is 0 Å². The number of hydrogen-bond donors (Lipinski definition) is 6. The molecule has 0 aromatic rings. The Morgan fingerprint density at radius 2 is 1.08 bits per heavy atom. The van der Waals surface area contributed by atoms with Gasteiger partial charge in [-0.1, -0.05) is 118 Å². The zero-order valence-electron chi connectivity index (χ0n) is 67.8. The van der Waals surface area contributed by atoms with Crippen LogP contribution in [0.3, 0.4) is 0 Å². The molecule has 2 heterocycles. The van der Waals surface area contributed by atoms with Gasteiger partial charge in [0.25, 0.3) is 5.91 Å². The number of carbonyl (C=O) groups excluding carboxylic acids is 13. The van der Waals surface area contributed by atoms with Crippen LogP contribution in [0.25, 0.3) is 0 Å². The van der Waals surface area contributed by atoms with E-state index in [2.05, 4.69) is 39.7 Å². The molecule has 0 saturated carbocycles. The van der Waals surface area contributed by atoms with Crippen LogP contribution in [-0.4, -0.2) is 283 Å². The van der Waals surface area contributed by atoms with Crippen LogP contribution in [0.1, 0.15) is 161 Å². The molecule has 0 spiro atoms. The summed E-state index contributed by atoms with van der Waals surface area (Å²) < 4.78 is 11.3. The summed E-state index contributed by atoms with van der Waals surface area (Å²) in [7, 11) is 10.9.